The molecule has 5 heteroatoms. The number of anilines is 1. The zero-order valence-electron chi connectivity index (χ0n) is 5.41. The molecule has 2 heterocycles. The molecule has 56 valence electrons. The third kappa shape index (κ3) is 0.970. The highest BCUT2D eigenvalue weighted by atomic mass is 79.9. The monoisotopic (exact) mass is 213 g/mol. The first-order chi connectivity index (χ1) is 5.27. The molecule has 0 aliphatic carbocycles. The minimum Gasteiger partial charge on any atom is -0.421 e. The fourth-order valence-corrected chi connectivity index (χ4v) is 1.20. The van der Waals surface area contributed by atoms with E-state index in [0.717, 1.165) is 4.47 Å². The Morgan fingerprint density at radius 2 is 2.36 bits per heavy atom. The Hall–Kier alpha value is -1.10. The molecule has 0 saturated heterocycles. The van der Waals surface area contributed by atoms with Crippen LogP contribution in [-0.2, 0) is 0 Å². The quantitative estimate of drug-likeness (QED) is 0.722. The van der Waals surface area contributed by atoms with Gasteiger partial charge in [-0.05, 0) is 22.0 Å². The van der Waals surface area contributed by atoms with Crippen LogP contribution in [0.3, 0.4) is 0 Å². The van der Waals surface area contributed by atoms with Crippen LogP contribution in [0.1, 0.15) is 0 Å². The molecule has 0 aliphatic rings. The SMILES string of the molecule is Nc1nc2nccc(Br)c2o1. The summed E-state index contributed by atoms with van der Waals surface area (Å²) >= 11 is 3.28. The lowest BCUT2D eigenvalue weighted by Crippen LogP contribution is -1.81. The number of halogens is 1. The largest absolute Gasteiger partial charge is 0.421 e. The molecule has 11 heavy (non-hydrogen) atoms. The van der Waals surface area contributed by atoms with E-state index in [1.54, 1.807) is 12.3 Å². The molecule has 0 aliphatic heterocycles. The van der Waals surface area contributed by atoms with Crippen molar-refractivity contribution in [2.45, 2.75) is 0 Å². The van der Waals surface area contributed by atoms with E-state index in [1.807, 2.05) is 0 Å². The van der Waals surface area contributed by atoms with E-state index in [4.69, 9.17) is 10.2 Å². The zero-order valence-corrected chi connectivity index (χ0v) is 7.00. The Labute approximate surface area is 70.6 Å². The smallest absolute Gasteiger partial charge is 0.294 e. The van der Waals surface area contributed by atoms with Crippen molar-refractivity contribution in [3.63, 3.8) is 0 Å². The van der Waals surface area contributed by atoms with Gasteiger partial charge in [0.25, 0.3) is 6.01 Å². The summed E-state index contributed by atoms with van der Waals surface area (Å²) in [4.78, 5) is 7.79. The van der Waals surface area contributed by atoms with Crippen LogP contribution in [0.5, 0.6) is 0 Å². The van der Waals surface area contributed by atoms with E-state index in [-0.39, 0.29) is 6.01 Å². The molecule has 0 aromatic carbocycles. The molecule has 0 fully saturated rings. The number of hydrogen-bond acceptors (Lipinski definition) is 4. The second-order valence-electron chi connectivity index (χ2n) is 2.00. The summed E-state index contributed by atoms with van der Waals surface area (Å²) < 4.78 is 5.87. The summed E-state index contributed by atoms with van der Waals surface area (Å²) in [6.07, 6.45) is 1.63. The Morgan fingerprint density at radius 3 is 3.09 bits per heavy atom. The van der Waals surface area contributed by atoms with Crippen LogP contribution >= 0.6 is 15.9 Å². The summed E-state index contributed by atoms with van der Waals surface area (Å²) in [5, 5.41) is 0. The maximum atomic E-state index is 5.32. The Kier molecular flexibility index (Phi) is 1.32. The molecule has 0 atom stereocenters. The van der Waals surface area contributed by atoms with Gasteiger partial charge in [0.05, 0.1) is 4.47 Å². The van der Waals surface area contributed by atoms with Crippen LogP contribution in [0.2, 0.25) is 0 Å². The number of nitrogen functional groups attached to an aromatic ring is 1. The Morgan fingerprint density at radius 1 is 1.55 bits per heavy atom. The number of nitrogens with two attached hydrogens (primary N) is 1. The van der Waals surface area contributed by atoms with E-state index < -0.39 is 0 Å². The van der Waals surface area contributed by atoms with Gasteiger partial charge in [0, 0.05) is 6.20 Å². The molecule has 2 aromatic rings. The van der Waals surface area contributed by atoms with Gasteiger partial charge in [-0.3, -0.25) is 0 Å². The third-order valence-electron chi connectivity index (χ3n) is 1.26. The first-order valence-corrected chi connectivity index (χ1v) is 3.73. The molecule has 2 rings (SSSR count). The maximum absolute atomic E-state index is 5.32. The molecule has 0 radical (unpaired) electrons. The van der Waals surface area contributed by atoms with Gasteiger partial charge in [0.2, 0.25) is 5.65 Å². The van der Waals surface area contributed by atoms with Crippen molar-refractivity contribution in [3.8, 4) is 0 Å². The van der Waals surface area contributed by atoms with E-state index in [0.29, 0.717) is 11.2 Å². The van der Waals surface area contributed by atoms with Gasteiger partial charge >= 0.3 is 0 Å². The number of pyridine rings is 1. The molecule has 2 N–H and O–H groups in total. The highest BCUT2D eigenvalue weighted by Gasteiger charge is 2.05. The molecule has 4 nitrogen and oxygen atoms in total. The van der Waals surface area contributed by atoms with Gasteiger partial charge in [0.1, 0.15) is 0 Å². The summed E-state index contributed by atoms with van der Waals surface area (Å²) in [7, 11) is 0. The third-order valence-corrected chi connectivity index (χ3v) is 1.88. The molecular weight excluding hydrogens is 210 g/mol. The first-order valence-electron chi connectivity index (χ1n) is 2.94. The van der Waals surface area contributed by atoms with Gasteiger partial charge in [0.15, 0.2) is 5.58 Å². The van der Waals surface area contributed by atoms with Crippen molar-refractivity contribution >= 4 is 33.2 Å². The highest BCUT2D eigenvalue weighted by molar-refractivity contribution is 9.10. The number of rotatable bonds is 0. The van der Waals surface area contributed by atoms with Crippen molar-refractivity contribution < 1.29 is 4.42 Å². The van der Waals surface area contributed by atoms with Gasteiger partial charge in [-0.15, -0.1) is 0 Å². The van der Waals surface area contributed by atoms with Crippen molar-refractivity contribution in [2.75, 3.05) is 5.73 Å². The van der Waals surface area contributed by atoms with Gasteiger partial charge < -0.3 is 10.2 Å². The Balaban J connectivity index is 2.90. The highest BCUT2D eigenvalue weighted by Crippen LogP contribution is 2.22. The van der Waals surface area contributed by atoms with Crippen molar-refractivity contribution in [2.24, 2.45) is 0 Å². The van der Waals surface area contributed by atoms with Crippen molar-refractivity contribution in [3.05, 3.63) is 16.7 Å². The minimum atomic E-state index is 0.138. The van der Waals surface area contributed by atoms with Crippen LogP contribution < -0.4 is 5.73 Å². The van der Waals surface area contributed by atoms with E-state index in [2.05, 4.69) is 25.9 Å². The number of aromatic nitrogens is 2. The lowest BCUT2D eigenvalue weighted by Gasteiger charge is -1.86. The summed E-state index contributed by atoms with van der Waals surface area (Å²) in [5.41, 5.74) is 6.43. The molecule has 0 saturated carbocycles. The number of nitrogens with zero attached hydrogens (tertiary/aromatic N) is 2. The standard InChI is InChI=1S/C6H4BrN3O/c7-3-1-2-9-5-4(3)11-6(8)10-5/h1-2H,(H2,8,9,10). The molecule has 0 bridgehead atoms. The van der Waals surface area contributed by atoms with E-state index in [9.17, 15) is 0 Å². The summed E-state index contributed by atoms with van der Waals surface area (Å²) in [6, 6.07) is 1.91. The van der Waals surface area contributed by atoms with Crippen molar-refractivity contribution in [1.29, 1.82) is 0 Å². The van der Waals surface area contributed by atoms with Crippen LogP contribution in [0.4, 0.5) is 6.01 Å². The van der Waals surface area contributed by atoms with Crippen LogP contribution in [0.25, 0.3) is 11.2 Å². The minimum absolute atomic E-state index is 0.138. The molecular formula is C6H4BrN3O. The van der Waals surface area contributed by atoms with E-state index in [1.165, 1.54) is 0 Å². The molecule has 2 aromatic heterocycles. The van der Waals surface area contributed by atoms with Gasteiger partial charge in [-0.25, -0.2) is 4.98 Å². The molecule has 0 spiro atoms. The lowest BCUT2D eigenvalue weighted by molar-refractivity contribution is 0.624. The van der Waals surface area contributed by atoms with Crippen LogP contribution in [0.15, 0.2) is 21.2 Å². The number of oxazole rings is 1. The topological polar surface area (TPSA) is 64.9 Å². The summed E-state index contributed by atoms with van der Waals surface area (Å²) in [5.74, 6) is 0. The maximum Gasteiger partial charge on any atom is 0.294 e. The zero-order chi connectivity index (χ0) is 7.84. The average molecular weight is 214 g/mol. The fraction of sp³-hybridized carbons (Fsp3) is 0. The number of hydrogen-bond donors (Lipinski definition) is 1. The lowest BCUT2D eigenvalue weighted by atomic mass is 10.5. The molecule has 0 unspecified atom stereocenters. The van der Waals surface area contributed by atoms with Gasteiger partial charge in [-0.2, -0.15) is 4.98 Å². The summed E-state index contributed by atoms with van der Waals surface area (Å²) in [6.45, 7) is 0. The van der Waals surface area contributed by atoms with Crippen LogP contribution in [-0.4, -0.2) is 9.97 Å². The second-order valence-corrected chi connectivity index (χ2v) is 2.85. The molecule has 0 amide bonds. The fourth-order valence-electron chi connectivity index (χ4n) is 0.820. The van der Waals surface area contributed by atoms with Crippen molar-refractivity contribution in [1.82, 2.24) is 9.97 Å². The predicted octanol–water partition coefficient (Wildman–Crippen LogP) is 1.57. The predicted molar refractivity (Wildman–Crippen MR) is 43.9 cm³/mol. The average Bonchev–Trinajstić information content (AvgIpc) is 2.31. The first kappa shape index (κ1) is 6.60. The van der Waals surface area contributed by atoms with E-state index >= 15 is 0 Å². The van der Waals surface area contributed by atoms with Crippen LogP contribution in [0, 0.1) is 0 Å². The second kappa shape index (κ2) is 2.20. The number of fused-ring (bicyclic) bond motifs is 1. The normalized spacial score (nSPS) is 10.6. The van der Waals surface area contributed by atoms with Gasteiger partial charge in [-0.1, -0.05) is 0 Å². The Bertz CT molecular complexity index is 398.